The predicted octanol–water partition coefficient (Wildman–Crippen LogP) is 4.88. The van der Waals surface area contributed by atoms with Crippen molar-refractivity contribution in [2.24, 2.45) is 13.0 Å². The molecule has 1 N–H and O–H groups in total. The minimum atomic E-state index is -1.03. The number of rotatable bonds is 7. The van der Waals surface area contributed by atoms with Crippen molar-refractivity contribution in [2.75, 3.05) is 0 Å². The van der Waals surface area contributed by atoms with E-state index in [1.807, 2.05) is 41.9 Å². The number of carboxylic acids is 1. The number of aromatic carboxylic acids is 1. The molecule has 8 nitrogen and oxygen atoms in total. The summed E-state index contributed by atoms with van der Waals surface area (Å²) in [4.78, 5) is 29.2. The Morgan fingerprint density at radius 3 is 2.57 bits per heavy atom. The fourth-order valence-corrected chi connectivity index (χ4v) is 4.74. The molecular formula is C26H26ClN5O3. The average molecular weight is 492 g/mol. The van der Waals surface area contributed by atoms with E-state index in [2.05, 4.69) is 15.0 Å². The molecule has 1 aliphatic carbocycles. The average Bonchev–Trinajstić information content (AvgIpc) is 3.16. The molecular weight excluding hydrogens is 466 g/mol. The summed E-state index contributed by atoms with van der Waals surface area (Å²) in [5.74, 6) is 1.73. The van der Waals surface area contributed by atoms with Crippen molar-refractivity contribution in [3.05, 3.63) is 76.6 Å². The lowest BCUT2D eigenvalue weighted by molar-refractivity contribution is 0.0691. The third-order valence-corrected chi connectivity index (χ3v) is 6.79. The zero-order chi connectivity index (χ0) is 24.4. The lowest BCUT2D eigenvalue weighted by Crippen LogP contribution is -2.26. The quantitative estimate of drug-likeness (QED) is 0.393. The van der Waals surface area contributed by atoms with Gasteiger partial charge in [-0.25, -0.2) is 19.7 Å². The van der Waals surface area contributed by atoms with Crippen LogP contribution in [-0.2, 0) is 19.9 Å². The van der Waals surface area contributed by atoms with Crippen molar-refractivity contribution in [2.45, 2.75) is 44.6 Å². The van der Waals surface area contributed by atoms with Gasteiger partial charge in [0.2, 0.25) is 5.88 Å². The number of hydrogen-bond acceptors (Lipinski definition) is 6. The van der Waals surface area contributed by atoms with Crippen molar-refractivity contribution >= 4 is 28.7 Å². The predicted molar refractivity (Wildman–Crippen MR) is 132 cm³/mol. The largest absolute Gasteiger partial charge is 0.477 e. The van der Waals surface area contributed by atoms with Gasteiger partial charge in [0.15, 0.2) is 11.3 Å². The van der Waals surface area contributed by atoms with Crippen molar-refractivity contribution in [3.63, 3.8) is 0 Å². The van der Waals surface area contributed by atoms with Crippen LogP contribution >= 0.6 is 11.6 Å². The molecule has 0 unspecified atom stereocenters. The first kappa shape index (κ1) is 23.2. The van der Waals surface area contributed by atoms with E-state index in [1.165, 1.54) is 6.07 Å². The molecule has 0 bridgehead atoms. The van der Waals surface area contributed by atoms with E-state index < -0.39 is 5.97 Å². The number of ether oxygens (including phenoxy) is 1. The van der Waals surface area contributed by atoms with Crippen LogP contribution < -0.4 is 4.74 Å². The molecule has 35 heavy (non-hydrogen) atoms. The number of aromatic nitrogens is 5. The Kier molecular flexibility index (Phi) is 6.63. The van der Waals surface area contributed by atoms with Gasteiger partial charge in [0, 0.05) is 37.2 Å². The van der Waals surface area contributed by atoms with Gasteiger partial charge in [-0.1, -0.05) is 23.7 Å². The first-order valence-electron chi connectivity index (χ1n) is 11.7. The molecule has 5 rings (SSSR count). The number of benzene rings is 1. The highest BCUT2D eigenvalue weighted by Gasteiger charge is 2.25. The maximum atomic E-state index is 11.2. The van der Waals surface area contributed by atoms with Gasteiger partial charge in [0.05, 0.1) is 0 Å². The number of aryl methyl sites for hydroxylation is 1. The minimum absolute atomic E-state index is 0.0331. The Morgan fingerprint density at radius 1 is 1.06 bits per heavy atom. The van der Waals surface area contributed by atoms with Crippen molar-refractivity contribution in [1.29, 1.82) is 0 Å². The normalized spacial score (nSPS) is 18.0. The number of hydrogen-bond donors (Lipinski definition) is 1. The fourth-order valence-electron chi connectivity index (χ4n) is 4.61. The molecule has 4 aromatic rings. The first-order chi connectivity index (χ1) is 16.9. The van der Waals surface area contributed by atoms with Gasteiger partial charge in [0.25, 0.3) is 0 Å². The number of carbonyl (C=O) groups is 1. The van der Waals surface area contributed by atoms with E-state index >= 15 is 0 Å². The summed E-state index contributed by atoms with van der Waals surface area (Å²) in [5, 5.41) is 9.92. The highest BCUT2D eigenvalue weighted by molar-refractivity contribution is 6.30. The smallest absolute Gasteiger partial charge is 0.354 e. The monoisotopic (exact) mass is 491 g/mol. The van der Waals surface area contributed by atoms with E-state index in [0.29, 0.717) is 28.9 Å². The number of nitrogens with zero attached hydrogens (tertiary/aromatic N) is 5. The van der Waals surface area contributed by atoms with Crippen LogP contribution in [0.1, 0.15) is 53.4 Å². The van der Waals surface area contributed by atoms with Gasteiger partial charge in [-0.3, -0.25) is 0 Å². The van der Waals surface area contributed by atoms with E-state index in [1.54, 1.807) is 12.3 Å². The van der Waals surface area contributed by atoms with Crippen LogP contribution in [0, 0.1) is 5.92 Å². The minimum Gasteiger partial charge on any atom is -0.477 e. The Hall–Kier alpha value is -3.52. The highest BCUT2D eigenvalue weighted by atomic mass is 35.5. The molecule has 0 radical (unpaired) electrons. The lowest BCUT2D eigenvalue weighted by atomic mass is 9.85. The van der Waals surface area contributed by atoms with Gasteiger partial charge in [-0.2, -0.15) is 4.98 Å². The lowest BCUT2D eigenvalue weighted by Gasteiger charge is -2.28. The van der Waals surface area contributed by atoms with Gasteiger partial charge < -0.3 is 14.4 Å². The highest BCUT2D eigenvalue weighted by Crippen LogP contribution is 2.30. The van der Waals surface area contributed by atoms with Crippen LogP contribution in [0.3, 0.4) is 0 Å². The molecule has 0 spiro atoms. The number of carboxylic acid groups (broad SMARTS) is 1. The van der Waals surface area contributed by atoms with Crippen LogP contribution in [0.2, 0.25) is 5.02 Å². The Bertz CT molecular complexity index is 1350. The molecule has 3 aromatic heterocycles. The van der Waals surface area contributed by atoms with E-state index in [4.69, 9.17) is 21.3 Å². The van der Waals surface area contributed by atoms with Crippen molar-refractivity contribution in [1.82, 2.24) is 24.5 Å². The standard InChI is InChI=1S/C26H26ClN5O3/c1-32-23(29-20-10-11-21(26(33)34)30-25(20)32)15-17-4-8-19(9-5-17)35-24-12-13-28-22(31-24)14-16-2-6-18(27)7-3-16/h2-3,6-7,10-13,17,19H,4-5,8-9,14-15H2,1H3,(H,33,34)/t17-,19-. The van der Waals surface area contributed by atoms with Gasteiger partial charge in [-0.15, -0.1) is 0 Å². The van der Waals surface area contributed by atoms with E-state index in [9.17, 15) is 9.90 Å². The third-order valence-electron chi connectivity index (χ3n) is 6.54. The van der Waals surface area contributed by atoms with Crippen LogP contribution in [0.15, 0.2) is 48.7 Å². The first-order valence-corrected chi connectivity index (χ1v) is 12.1. The Labute approximate surface area is 208 Å². The summed E-state index contributed by atoms with van der Waals surface area (Å²) in [5.41, 5.74) is 2.46. The van der Waals surface area contributed by atoms with Crippen molar-refractivity contribution < 1.29 is 14.6 Å². The molecule has 0 saturated heterocycles. The second-order valence-corrected chi connectivity index (χ2v) is 9.45. The third kappa shape index (κ3) is 5.43. The number of pyridine rings is 1. The molecule has 1 saturated carbocycles. The van der Waals surface area contributed by atoms with E-state index in [0.717, 1.165) is 54.8 Å². The maximum absolute atomic E-state index is 11.2. The van der Waals surface area contributed by atoms with Gasteiger partial charge in [0.1, 0.15) is 23.3 Å². The zero-order valence-corrected chi connectivity index (χ0v) is 20.1. The van der Waals surface area contributed by atoms with Crippen LogP contribution in [-0.4, -0.2) is 41.7 Å². The number of imidazole rings is 1. The van der Waals surface area contributed by atoms with Crippen LogP contribution in [0.4, 0.5) is 0 Å². The molecule has 180 valence electrons. The summed E-state index contributed by atoms with van der Waals surface area (Å²) in [6, 6.07) is 12.7. The molecule has 3 heterocycles. The SMILES string of the molecule is Cn1c(C[C@H]2CC[C@H](Oc3ccnc(Cc4ccc(Cl)cc4)n3)CC2)nc2ccc(C(=O)O)nc21. The number of fused-ring (bicyclic) bond motifs is 1. The molecule has 0 amide bonds. The molecule has 0 atom stereocenters. The van der Waals surface area contributed by atoms with Crippen LogP contribution in [0.5, 0.6) is 5.88 Å². The fraction of sp³-hybridized carbons (Fsp3) is 0.346. The molecule has 1 fully saturated rings. The van der Waals surface area contributed by atoms with E-state index in [-0.39, 0.29) is 11.8 Å². The summed E-state index contributed by atoms with van der Waals surface area (Å²) >= 11 is 5.97. The second kappa shape index (κ2) is 10.00. The molecule has 0 aliphatic heterocycles. The topological polar surface area (TPSA) is 103 Å². The maximum Gasteiger partial charge on any atom is 0.354 e. The summed E-state index contributed by atoms with van der Waals surface area (Å²) in [6.07, 6.45) is 7.30. The molecule has 9 heteroatoms. The van der Waals surface area contributed by atoms with Crippen LogP contribution in [0.25, 0.3) is 11.2 Å². The Balaban J connectivity index is 1.17. The summed E-state index contributed by atoms with van der Waals surface area (Å²) < 4.78 is 8.11. The van der Waals surface area contributed by atoms with Gasteiger partial charge >= 0.3 is 5.97 Å². The Morgan fingerprint density at radius 2 is 1.83 bits per heavy atom. The van der Waals surface area contributed by atoms with Gasteiger partial charge in [-0.05, 0) is 61.4 Å². The number of halogens is 1. The summed E-state index contributed by atoms with van der Waals surface area (Å²) in [7, 11) is 1.90. The zero-order valence-electron chi connectivity index (χ0n) is 19.4. The van der Waals surface area contributed by atoms with Crippen molar-refractivity contribution in [3.8, 4) is 5.88 Å². The molecule has 1 aliphatic rings. The molecule has 1 aromatic carbocycles. The second-order valence-electron chi connectivity index (χ2n) is 9.01. The summed E-state index contributed by atoms with van der Waals surface area (Å²) in [6.45, 7) is 0.